The number of aliphatic hydroxyl groups is 1. The highest BCUT2D eigenvalue weighted by Gasteiger charge is 2.01. The van der Waals surface area contributed by atoms with Gasteiger partial charge in [0.25, 0.3) is 0 Å². The number of alkyl halides is 1. The van der Waals surface area contributed by atoms with E-state index in [4.69, 9.17) is 26.2 Å². The van der Waals surface area contributed by atoms with Gasteiger partial charge < -0.3 is 14.6 Å². The molecule has 0 amide bonds. The second kappa shape index (κ2) is 12.2. The lowest BCUT2D eigenvalue weighted by Crippen LogP contribution is -2.12. The Kier molecular flexibility index (Phi) is 11.3. The van der Waals surface area contributed by atoms with E-state index in [1.165, 1.54) is 0 Å². The molecule has 0 saturated carbocycles. The van der Waals surface area contributed by atoms with Crippen molar-refractivity contribution >= 4 is 23.9 Å². The first-order valence-electron chi connectivity index (χ1n) is 6.57. The van der Waals surface area contributed by atoms with Gasteiger partial charge in [-0.1, -0.05) is 0 Å². The van der Waals surface area contributed by atoms with Gasteiger partial charge in [-0.25, -0.2) is 0 Å². The maximum absolute atomic E-state index is 10.9. The van der Waals surface area contributed by atoms with E-state index in [-0.39, 0.29) is 37.6 Å². The standard InChI is InChI=1S/C12H13ClO4.C3H8O/c13-6-5-12(15)17-8-7-16-11-3-1-10(9-14)2-4-11;1-3(2)4/h1-4,9H,5-8H2;3-4H,1-2H3. The van der Waals surface area contributed by atoms with Crippen LogP contribution < -0.4 is 4.74 Å². The molecule has 21 heavy (non-hydrogen) atoms. The number of carbonyl (C=O) groups is 2. The van der Waals surface area contributed by atoms with Gasteiger partial charge in [0.1, 0.15) is 25.2 Å². The number of benzene rings is 1. The zero-order chi connectivity index (χ0) is 16.1. The Morgan fingerprint density at radius 3 is 2.33 bits per heavy atom. The van der Waals surface area contributed by atoms with Crippen molar-refractivity contribution < 1.29 is 24.2 Å². The van der Waals surface area contributed by atoms with Gasteiger partial charge in [-0.15, -0.1) is 11.6 Å². The van der Waals surface area contributed by atoms with Crippen molar-refractivity contribution in [2.75, 3.05) is 19.1 Å². The fourth-order valence-corrected chi connectivity index (χ4v) is 1.26. The van der Waals surface area contributed by atoms with Crippen LogP contribution in [0.15, 0.2) is 24.3 Å². The summed E-state index contributed by atoms with van der Waals surface area (Å²) in [6, 6.07) is 6.68. The van der Waals surface area contributed by atoms with E-state index in [1.54, 1.807) is 38.1 Å². The molecule has 6 heteroatoms. The zero-order valence-corrected chi connectivity index (χ0v) is 13.0. The minimum atomic E-state index is -0.333. The van der Waals surface area contributed by atoms with Gasteiger partial charge in [0, 0.05) is 17.5 Å². The second-order valence-corrected chi connectivity index (χ2v) is 4.67. The molecule has 1 aromatic carbocycles. The van der Waals surface area contributed by atoms with Crippen LogP contribution in [-0.2, 0) is 9.53 Å². The molecule has 0 atom stereocenters. The van der Waals surface area contributed by atoms with Crippen molar-refractivity contribution in [3.05, 3.63) is 29.8 Å². The van der Waals surface area contributed by atoms with Crippen LogP contribution in [0.25, 0.3) is 0 Å². The van der Waals surface area contributed by atoms with Crippen LogP contribution in [0.4, 0.5) is 0 Å². The van der Waals surface area contributed by atoms with Gasteiger partial charge in [0.2, 0.25) is 0 Å². The average Bonchev–Trinajstić information content (AvgIpc) is 2.44. The summed E-state index contributed by atoms with van der Waals surface area (Å²) < 4.78 is 10.2. The Morgan fingerprint density at radius 1 is 1.29 bits per heavy atom. The van der Waals surface area contributed by atoms with Gasteiger partial charge in [0.05, 0.1) is 6.42 Å². The van der Waals surface area contributed by atoms with E-state index in [2.05, 4.69) is 0 Å². The summed E-state index contributed by atoms with van der Waals surface area (Å²) in [5.74, 6) is 0.552. The van der Waals surface area contributed by atoms with Gasteiger partial charge in [-0.05, 0) is 38.1 Å². The molecular weight excluding hydrogens is 296 g/mol. The number of hydrogen-bond acceptors (Lipinski definition) is 5. The normalized spacial score (nSPS) is 9.57. The summed E-state index contributed by atoms with van der Waals surface area (Å²) in [5, 5.41) is 8.06. The molecular formula is C15H21ClO5. The fraction of sp³-hybridized carbons (Fsp3) is 0.467. The minimum Gasteiger partial charge on any atom is -0.490 e. The first kappa shape index (κ1) is 19.4. The molecule has 1 rings (SSSR count). The van der Waals surface area contributed by atoms with E-state index in [0.29, 0.717) is 11.3 Å². The maximum Gasteiger partial charge on any atom is 0.307 e. The maximum atomic E-state index is 10.9. The Labute approximate surface area is 129 Å². The molecule has 0 aliphatic rings. The predicted octanol–water partition coefficient (Wildman–Crippen LogP) is 2.44. The first-order chi connectivity index (χ1) is 9.99. The Hall–Kier alpha value is -1.59. The first-order valence-corrected chi connectivity index (χ1v) is 7.10. The SMILES string of the molecule is CC(C)O.O=Cc1ccc(OCCOC(=O)CCCl)cc1. The Balaban J connectivity index is 0.000000885. The third-order valence-corrected chi connectivity index (χ3v) is 2.12. The third-order valence-electron chi connectivity index (χ3n) is 1.93. The molecule has 0 heterocycles. The average molecular weight is 317 g/mol. The van der Waals surface area contributed by atoms with Crippen LogP contribution in [0.3, 0.4) is 0 Å². The molecule has 0 aromatic heterocycles. The van der Waals surface area contributed by atoms with Crippen molar-refractivity contribution in [2.24, 2.45) is 0 Å². The van der Waals surface area contributed by atoms with Crippen LogP contribution >= 0.6 is 11.6 Å². The van der Waals surface area contributed by atoms with Gasteiger partial charge in [-0.3, -0.25) is 9.59 Å². The fourth-order valence-electron chi connectivity index (χ4n) is 1.11. The number of hydrogen-bond donors (Lipinski definition) is 1. The zero-order valence-electron chi connectivity index (χ0n) is 12.3. The molecule has 1 N–H and O–H groups in total. The molecule has 0 aliphatic heterocycles. The van der Waals surface area contributed by atoms with Crippen molar-refractivity contribution in [3.63, 3.8) is 0 Å². The Bertz CT molecular complexity index is 400. The van der Waals surface area contributed by atoms with Crippen LogP contribution in [0.5, 0.6) is 5.75 Å². The predicted molar refractivity (Wildman–Crippen MR) is 81.0 cm³/mol. The molecule has 0 unspecified atom stereocenters. The van der Waals surface area contributed by atoms with E-state index in [0.717, 1.165) is 6.29 Å². The number of halogens is 1. The lowest BCUT2D eigenvalue weighted by Gasteiger charge is -2.06. The molecule has 0 radical (unpaired) electrons. The number of rotatable bonds is 7. The van der Waals surface area contributed by atoms with Crippen LogP contribution in [0.1, 0.15) is 30.6 Å². The quantitative estimate of drug-likeness (QED) is 0.362. The summed E-state index contributed by atoms with van der Waals surface area (Å²) >= 11 is 5.37. The largest absolute Gasteiger partial charge is 0.490 e. The molecule has 0 bridgehead atoms. The molecule has 0 spiro atoms. The van der Waals surface area contributed by atoms with Crippen molar-refractivity contribution in [2.45, 2.75) is 26.4 Å². The van der Waals surface area contributed by atoms with Crippen LogP contribution in [-0.4, -0.2) is 42.6 Å². The van der Waals surface area contributed by atoms with E-state index in [1.807, 2.05) is 0 Å². The van der Waals surface area contributed by atoms with Crippen molar-refractivity contribution in [1.82, 2.24) is 0 Å². The number of aldehydes is 1. The highest BCUT2D eigenvalue weighted by molar-refractivity contribution is 6.18. The van der Waals surface area contributed by atoms with Gasteiger partial charge in [0.15, 0.2) is 0 Å². The highest BCUT2D eigenvalue weighted by atomic mass is 35.5. The van der Waals surface area contributed by atoms with Gasteiger partial charge >= 0.3 is 5.97 Å². The molecule has 5 nitrogen and oxygen atoms in total. The third kappa shape index (κ3) is 11.9. The monoisotopic (exact) mass is 316 g/mol. The number of ether oxygens (including phenoxy) is 2. The van der Waals surface area contributed by atoms with Gasteiger partial charge in [-0.2, -0.15) is 0 Å². The molecule has 0 aliphatic carbocycles. The highest BCUT2D eigenvalue weighted by Crippen LogP contribution is 2.10. The summed E-state index contributed by atoms with van der Waals surface area (Å²) in [7, 11) is 0. The molecule has 118 valence electrons. The smallest absolute Gasteiger partial charge is 0.307 e. The molecule has 1 aromatic rings. The topological polar surface area (TPSA) is 72.8 Å². The second-order valence-electron chi connectivity index (χ2n) is 4.29. The number of carbonyl (C=O) groups excluding carboxylic acids is 2. The summed E-state index contributed by atoms with van der Waals surface area (Å²) in [4.78, 5) is 21.3. The van der Waals surface area contributed by atoms with Crippen LogP contribution in [0.2, 0.25) is 0 Å². The van der Waals surface area contributed by atoms with Crippen molar-refractivity contribution in [1.29, 1.82) is 0 Å². The van der Waals surface area contributed by atoms with Crippen molar-refractivity contribution in [3.8, 4) is 5.75 Å². The summed E-state index contributed by atoms with van der Waals surface area (Å²) in [5.41, 5.74) is 0.589. The lowest BCUT2D eigenvalue weighted by atomic mass is 10.2. The number of aliphatic hydroxyl groups excluding tert-OH is 1. The number of esters is 1. The van der Waals surface area contributed by atoms with Crippen LogP contribution in [0, 0.1) is 0 Å². The molecule has 0 fully saturated rings. The summed E-state index contributed by atoms with van der Waals surface area (Å²) in [6.07, 6.45) is 0.799. The van der Waals surface area contributed by atoms with E-state index >= 15 is 0 Å². The summed E-state index contributed by atoms with van der Waals surface area (Å²) in [6.45, 7) is 3.90. The minimum absolute atomic E-state index is 0.167. The molecule has 0 saturated heterocycles. The lowest BCUT2D eigenvalue weighted by molar-refractivity contribution is -0.143. The van der Waals surface area contributed by atoms with E-state index in [9.17, 15) is 9.59 Å². The Morgan fingerprint density at radius 2 is 1.86 bits per heavy atom. The van der Waals surface area contributed by atoms with E-state index < -0.39 is 0 Å².